The molecule has 1 atom stereocenters. The first-order chi connectivity index (χ1) is 18.6. The molecule has 0 radical (unpaired) electrons. The van der Waals surface area contributed by atoms with Gasteiger partial charge in [0.05, 0.1) is 10.6 Å². The van der Waals surface area contributed by atoms with Crippen molar-refractivity contribution in [1.82, 2.24) is 10.2 Å². The molecule has 3 aromatic carbocycles. The van der Waals surface area contributed by atoms with Crippen LogP contribution in [0.4, 0.5) is 5.69 Å². The van der Waals surface area contributed by atoms with Crippen molar-refractivity contribution in [3.63, 3.8) is 0 Å². The van der Waals surface area contributed by atoms with Crippen LogP contribution in [0.25, 0.3) is 0 Å². The molecule has 0 heterocycles. The Kier molecular flexibility index (Phi) is 9.53. The summed E-state index contributed by atoms with van der Waals surface area (Å²) < 4.78 is 28.5. The molecule has 1 saturated carbocycles. The number of carbonyl (C=O) groups is 2. The van der Waals surface area contributed by atoms with Crippen LogP contribution in [-0.4, -0.2) is 43.8 Å². The van der Waals surface area contributed by atoms with E-state index in [-0.39, 0.29) is 29.1 Å². The summed E-state index contributed by atoms with van der Waals surface area (Å²) in [7, 11) is -4.12. The lowest BCUT2D eigenvalue weighted by Crippen LogP contribution is -2.52. The predicted octanol–water partition coefficient (Wildman–Crippen LogP) is 5.66. The number of rotatable bonds is 10. The van der Waals surface area contributed by atoms with Gasteiger partial charge in [-0.05, 0) is 73.9 Å². The average Bonchev–Trinajstić information content (AvgIpc) is 3.44. The van der Waals surface area contributed by atoms with E-state index < -0.39 is 28.5 Å². The fraction of sp³-hybridized carbons (Fsp3) is 0.310. The van der Waals surface area contributed by atoms with Crippen molar-refractivity contribution in [3.05, 3.63) is 94.5 Å². The molecule has 0 aliphatic heterocycles. The quantitative estimate of drug-likeness (QED) is 0.331. The number of nitrogens with one attached hydrogen (secondary N) is 1. The second-order valence-electron chi connectivity index (χ2n) is 9.62. The van der Waals surface area contributed by atoms with Gasteiger partial charge in [-0.25, -0.2) is 8.42 Å². The number of benzene rings is 3. The van der Waals surface area contributed by atoms with E-state index in [1.165, 1.54) is 17.0 Å². The van der Waals surface area contributed by atoms with Crippen LogP contribution in [0.15, 0.2) is 83.8 Å². The summed E-state index contributed by atoms with van der Waals surface area (Å²) in [6.07, 6.45) is 3.91. The Hall–Kier alpha value is -3.07. The largest absolute Gasteiger partial charge is 0.352 e. The molecule has 0 spiro atoms. The summed E-state index contributed by atoms with van der Waals surface area (Å²) in [5.74, 6) is -0.806. The molecular weight excluding hydrogens is 557 g/mol. The Balaban J connectivity index is 1.67. The van der Waals surface area contributed by atoms with Gasteiger partial charge in [0.25, 0.3) is 10.0 Å². The van der Waals surface area contributed by atoms with Gasteiger partial charge < -0.3 is 10.2 Å². The van der Waals surface area contributed by atoms with E-state index in [9.17, 15) is 18.0 Å². The van der Waals surface area contributed by atoms with E-state index in [2.05, 4.69) is 5.32 Å². The van der Waals surface area contributed by atoms with Gasteiger partial charge in [0.15, 0.2) is 0 Å². The topological polar surface area (TPSA) is 86.8 Å². The Morgan fingerprint density at radius 2 is 1.59 bits per heavy atom. The van der Waals surface area contributed by atoms with Gasteiger partial charge in [-0.15, -0.1) is 0 Å². The predicted molar refractivity (Wildman–Crippen MR) is 154 cm³/mol. The van der Waals surface area contributed by atoms with E-state index in [1.807, 2.05) is 6.07 Å². The van der Waals surface area contributed by atoms with Crippen LogP contribution in [0.5, 0.6) is 0 Å². The van der Waals surface area contributed by atoms with Crippen LogP contribution in [0.3, 0.4) is 0 Å². The molecule has 1 aliphatic rings. The molecule has 1 N–H and O–H groups in total. The monoisotopic (exact) mass is 587 g/mol. The van der Waals surface area contributed by atoms with Crippen molar-refractivity contribution in [2.75, 3.05) is 10.8 Å². The smallest absolute Gasteiger partial charge is 0.264 e. The highest BCUT2D eigenvalue weighted by atomic mass is 35.5. The number of anilines is 1. The van der Waals surface area contributed by atoms with Crippen LogP contribution in [0, 0.1) is 0 Å². The van der Waals surface area contributed by atoms with Crippen molar-refractivity contribution in [3.8, 4) is 0 Å². The molecule has 10 heteroatoms. The number of halogens is 2. The van der Waals surface area contributed by atoms with Crippen LogP contribution >= 0.6 is 23.2 Å². The summed E-state index contributed by atoms with van der Waals surface area (Å²) in [5.41, 5.74) is 1.00. The van der Waals surface area contributed by atoms with Crippen molar-refractivity contribution in [2.24, 2.45) is 0 Å². The zero-order chi connectivity index (χ0) is 28.0. The van der Waals surface area contributed by atoms with Gasteiger partial charge >= 0.3 is 0 Å². The maximum Gasteiger partial charge on any atom is 0.264 e. The molecular formula is C29H31Cl2N3O4S. The molecule has 1 aliphatic carbocycles. The van der Waals surface area contributed by atoms with E-state index in [4.69, 9.17) is 23.2 Å². The minimum absolute atomic E-state index is 0.0427. The van der Waals surface area contributed by atoms with Crippen molar-refractivity contribution < 1.29 is 18.0 Å². The molecule has 0 unspecified atom stereocenters. The third-order valence-corrected chi connectivity index (χ3v) is 9.11. The van der Waals surface area contributed by atoms with Crippen molar-refractivity contribution in [2.45, 2.75) is 56.1 Å². The Labute approximate surface area is 239 Å². The first-order valence-electron chi connectivity index (χ1n) is 12.8. The second-order valence-corrected chi connectivity index (χ2v) is 12.4. The van der Waals surface area contributed by atoms with Crippen LogP contribution in [-0.2, 0) is 26.2 Å². The Morgan fingerprint density at radius 1 is 0.923 bits per heavy atom. The molecule has 7 nitrogen and oxygen atoms in total. The summed E-state index contributed by atoms with van der Waals surface area (Å²) in [6, 6.07) is 20.4. The van der Waals surface area contributed by atoms with Gasteiger partial charge in [-0.3, -0.25) is 13.9 Å². The number of sulfonamides is 1. The minimum Gasteiger partial charge on any atom is -0.352 e. The number of amides is 2. The van der Waals surface area contributed by atoms with E-state index >= 15 is 0 Å². The first kappa shape index (κ1) is 28.9. The van der Waals surface area contributed by atoms with Crippen LogP contribution in [0.2, 0.25) is 10.0 Å². The first-order valence-corrected chi connectivity index (χ1v) is 15.0. The number of nitrogens with zero attached hydrogens (tertiary/aromatic N) is 2. The lowest BCUT2D eigenvalue weighted by molar-refractivity contribution is -0.139. The van der Waals surface area contributed by atoms with E-state index in [1.54, 1.807) is 67.6 Å². The summed E-state index contributed by atoms with van der Waals surface area (Å²) >= 11 is 12.2. The van der Waals surface area contributed by atoms with Crippen molar-refractivity contribution in [1.29, 1.82) is 0 Å². The van der Waals surface area contributed by atoms with Gasteiger partial charge in [-0.2, -0.15) is 0 Å². The minimum atomic E-state index is -4.12. The standard InChI is InChI=1S/C29H31Cl2N3O4S/c1-21(29(36)32-25-10-5-6-11-25)33(19-22-8-7-9-24(31)18-22)28(35)20-34(26-16-14-23(30)15-17-26)39(37,38)27-12-3-2-4-13-27/h2-4,7-9,12-18,21,25H,5-6,10-11,19-20H2,1H3,(H,32,36)/t21-/m0/s1. The fourth-order valence-corrected chi connectivity index (χ4v) is 6.44. The molecule has 0 aromatic heterocycles. The number of hydrogen-bond acceptors (Lipinski definition) is 4. The summed E-state index contributed by atoms with van der Waals surface area (Å²) in [6.45, 7) is 1.23. The van der Waals surface area contributed by atoms with Crippen LogP contribution in [0.1, 0.15) is 38.2 Å². The second kappa shape index (κ2) is 12.9. The van der Waals surface area contributed by atoms with Crippen molar-refractivity contribution >= 4 is 50.7 Å². The zero-order valence-electron chi connectivity index (χ0n) is 21.6. The van der Waals surface area contributed by atoms with E-state index in [0.29, 0.717) is 10.0 Å². The third kappa shape index (κ3) is 7.32. The highest BCUT2D eigenvalue weighted by Crippen LogP contribution is 2.26. The zero-order valence-corrected chi connectivity index (χ0v) is 23.9. The third-order valence-electron chi connectivity index (χ3n) is 6.84. The van der Waals surface area contributed by atoms with Gasteiger partial charge in [0, 0.05) is 22.6 Å². The molecule has 1 fully saturated rings. The lowest BCUT2D eigenvalue weighted by Gasteiger charge is -2.32. The highest BCUT2D eigenvalue weighted by Gasteiger charge is 2.33. The lowest BCUT2D eigenvalue weighted by atomic mass is 10.1. The maximum absolute atomic E-state index is 13.9. The van der Waals surface area contributed by atoms with E-state index in [0.717, 1.165) is 35.6 Å². The Morgan fingerprint density at radius 3 is 2.23 bits per heavy atom. The SMILES string of the molecule is C[C@@H](C(=O)NC1CCCC1)N(Cc1cccc(Cl)c1)C(=O)CN(c1ccc(Cl)cc1)S(=O)(=O)c1ccccc1. The molecule has 4 rings (SSSR count). The molecule has 39 heavy (non-hydrogen) atoms. The Bertz CT molecular complexity index is 1400. The number of carbonyl (C=O) groups excluding carboxylic acids is 2. The molecule has 2 amide bonds. The average molecular weight is 589 g/mol. The number of hydrogen-bond donors (Lipinski definition) is 1. The fourth-order valence-electron chi connectivity index (χ4n) is 4.66. The molecule has 206 valence electrons. The summed E-state index contributed by atoms with van der Waals surface area (Å²) in [5, 5.41) is 3.98. The molecule has 0 saturated heterocycles. The van der Waals surface area contributed by atoms with Gasteiger partial charge in [0.1, 0.15) is 12.6 Å². The normalized spacial score (nSPS) is 14.5. The highest BCUT2D eigenvalue weighted by molar-refractivity contribution is 7.92. The van der Waals surface area contributed by atoms with Gasteiger partial charge in [0.2, 0.25) is 11.8 Å². The molecule has 3 aromatic rings. The van der Waals surface area contributed by atoms with Gasteiger partial charge in [-0.1, -0.05) is 66.4 Å². The maximum atomic E-state index is 13.9. The van der Waals surface area contributed by atoms with Crippen LogP contribution < -0.4 is 9.62 Å². The summed E-state index contributed by atoms with van der Waals surface area (Å²) in [4.78, 5) is 28.6. The molecule has 0 bridgehead atoms.